The summed E-state index contributed by atoms with van der Waals surface area (Å²) in [6.07, 6.45) is 0.380. The number of non-ortho nitro benzene ring substituents is 1. The molecule has 1 amide bonds. The fourth-order valence-electron chi connectivity index (χ4n) is 2.20. The third-order valence-corrected chi connectivity index (χ3v) is 5.22. The number of anilines is 1. The van der Waals surface area contributed by atoms with Crippen LogP contribution in [0.1, 0.15) is 6.42 Å². The Morgan fingerprint density at radius 3 is 2.77 bits per heavy atom. The molecule has 0 unspecified atom stereocenters. The molecular weight excluding hydrogens is 370 g/mol. The lowest BCUT2D eigenvalue weighted by Crippen LogP contribution is -2.11. The number of benzene rings is 2. The maximum absolute atomic E-state index is 12.0. The van der Waals surface area contributed by atoms with Crippen molar-refractivity contribution < 1.29 is 9.72 Å². The number of aromatic nitrogens is 1. The molecule has 0 saturated carbocycles. The number of carbonyl (C=O) groups is 1. The van der Waals surface area contributed by atoms with Gasteiger partial charge in [0.1, 0.15) is 0 Å². The van der Waals surface area contributed by atoms with Gasteiger partial charge in [-0.3, -0.25) is 14.9 Å². The summed E-state index contributed by atoms with van der Waals surface area (Å²) in [6, 6.07) is 16.2. The monoisotopic (exact) mass is 385 g/mol. The quantitative estimate of drug-likeness (QED) is 0.357. The Morgan fingerprint density at radius 1 is 1.19 bits per heavy atom. The SMILES string of the molecule is O=C(CCSc1ccccc1)Nc1nc(-c2cccc([N+](=O)[O-])c2)cs1. The number of nitro groups is 1. The molecule has 0 aliphatic carbocycles. The molecule has 1 N–H and O–H groups in total. The molecule has 1 heterocycles. The molecule has 0 bridgehead atoms. The molecule has 0 atom stereocenters. The number of nitro benzene ring substituents is 1. The van der Waals surface area contributed by atoms with Gasteiger partial charge in [-0.1, -0.05) is 30.3 Å². The van der Waals surface area contributed by atoms with Gasteiger partial charge in [0.05, 0.1) is 10.6 Å². The highest BCUT2D eigenvalue weighted by molar-refractivity contribution is 7.99. The van der Waals surface area contributed by atoms with E-state index in [2.05, 4.69) is 10.3 Å². The maximum Gasteiger partial charge on any atom is 0.270 e. The molecule has 0 aliphatic heterocycles. The van der Waals surface area contributed by atoms with Crippen LogP contribution in [0.25, 0.3) is 11.3 Å². The van der Waals surface area contributed by atoms with E-state index in [9.17, 15) is 14.9 Å². The standard InChI is InChI=1S/C18H15N3O3S2/c22-17(9-10-25-15-7-2-1-3-8-15)20-18-19-16(12-26-18)13-5-4-6-14(11-13)21(23)24/h1-8,11-12H,9-10H2,(H,19,20,22). The Kier molecular flexibility index (Phi) is 5.98. The zero-order valence-electron chi connectivity index (χ0n) is 13.6. The van der Waals surface area contributed by atoms with E-state index in [0.29, 0.717) is 28.6 Å². The van der Waals surface area contributed by atoms with Gasteiger partial charge in [-0.05, 0) is 12.1 Å². The van der Waals surface area contributed by atoms with Crippen LogP contribution in [0.4, 0.5) is 10.8 Å². The zero-order valence-corrected chi connectivity index (χ0v) is 15.3. The first-order chi connectivity index (χ1) is 12.6. The molecule has 8 heteroatoms. The third kappa shape index (κ3) is 4.90. The van der Waals surface area contributed by atoms with Gasteiger partial charge in [0, 0.05) is 40.1 Å². The number of nitrogens with one attached hydrogen (secondary N) is 1. The van der Waals surface area contributed by atoms with E-state index in [1.54, 1.807) is 29.3 Å². The lowest BCUT2D eigenvalue weighted by atomic mass is 10.1. The van der Waals surface area contributed by atoms with Gasteiger partial charge < -0.3 is 5.32 Å². The van der Waals surface area contributed by atoms with Crippen LogP contribution in [0.15, 0.2) is 64.9 Å². The molecule has 0 fully saturated rings. The minimum Gasteiger partial charge on any atom is -0.302 e. The predicted octanol–water partition coefficient (Wildman–Crippen LogP) is 4.84. The van der Waals surface area contributed by atoms with Crippen molar-refractivity contribution in [3.63, 3.8) is 0 Å². The molecule has 0 saturated heterocycles. The van der Waals surface area contributed by atoms with Crippen LogP contribution in [0.2, 0.25) is 0 Å². The van der Waals surface area contributed by atoms with Crippen molar-refractivity contribution in [2.24, 2.45) is 0 Å². The second-order valence-electron chi connectivity index (χ2n) is 5.31. The minimum absolute atomic E-state index is 0.0130. The molecule has 1 aromatic heterocycles. The van der Waals surface area contributed by atoms with Crippen molar-refractivity contribution in [2.75, 3.05) is 11.1 Å². The smallest absolute Gasteiger partial charge is 0.270 e. The van der Waals surface area contributed by atoms with Crippen molar-refractivity contribution in [1.82, 2.24) is 4.98 Å². The number of thiazole rings is 1. The van der Waals surface area contributed by atoms with Gasteiger partial charge in [0.2, 0.25) is 5.91 Å². The van der Waals surface area contributed by atoms with Crippen molar-refractivity contribution in [1.29, 1.82) is 0 Å². The number of amides is 1. The Morgan fingerprint density at radius 2 is 2.00 bits per heavy atom. The van der Waals surface area contributed by atoms with E-state index in [4.69, 9.17) is 0 Å². The molecule has 26 heavy (non-hydrogen) atoms. The van der Waals surface area contributed by atoms with Gasteiger partial charge in [0.25, 0.3) is 5.69 Å². The summed E-state index contributed by atoms with van der Waals surface area (Å²) in [5, 5.41) is 15.9. The summed E-state index contributed by atoms with van der Waals surface area (Å²) in [5.74, 6) is 0.576. The minimum atomic E-state index is -0.442. The number of hydrogen-bond acceptors (Lipinski definition) is 6. The first kappa shape index (κ1) is 18.1. The molecule has 3 rings (SSSR count). The van der Waals surface area contributed by atoms with Crippen LogP contribution in [-0.2, 0) is 4.79 Å². The van der Waals surface area contributed by atoms with E-state index < -0.39 is 4.92 Å². The van der Waals surface area contributed by atoms with Gasteiger partial charge in [-0.25, -0.2) is 4.98 Å². The van der Waals surface area contributed by atoms with Gasteiger partial charge in [0.15, 0.2) is 5.13 Å². The Hall–Kier alpha value is -2.71. The van der Waals surface area contributed by atoms with Crippen LogP contribution in [-0.4, -0.2) is 21.6 Å². The summed E-state index contributed by atoms with van der Waals surface area (Å²) >= 11 is 2.92. The van der Waals surface area contributed by atoms with E-state index in [-0.39, 0.29) is 11.6 Å². The van der Waals surface area contributed by atoms with Crippen molar-refractivity contribution >= 4 is 39.8 Å². The van der Waals surface area contributed by atoms with Crippen LogP contribution >= 0.6 is 23.1 Å². The van der Waals surface area contributed by atoms with Crippen molar-refractivity contribution in [3.05, 3.63) is 70.1 Å². The summed E-state index contributed by atoms with van der Waals surface area (Å²) in [6.45, 7) is 0. The summed E-state index contributed by atoms with van der Waals surface area (Å²) < 4.78 is 0. The average Bonchev–Trinajstić information content (AvgIpc) is 3.11. The van der Waals surface area contributed by atoms with Crippen molar-refractivity contribution in [2.45, 2.75) is 11.3 Å². The first-order valence-electron chi connectivity index (χ1n) is 7.80. The molecule has 0 aliphatic rings. The molecule has 6 nitrogen and oxygen atoms in total. The summed E-state index contributed by atoms with van der Waals surface area (Å²) in [5.41, 5.74) is 1.27. The maximum atomic E-state index is 12.0. The van der Waals surface area contributed by atoms with Crippen LogP contribution < -0.4 is 5.32 Å². The van der Waals surface area contributed by atoms with E-state index in [0.717, 1.165) is 4.90 Å². The molecule has 0 radical (unpaired) electrons. The van der Waals surface area contributed by atoms with Crippen LogP contribution in [0.5, 0.6) is 0 Å². The van der Waals surface area contributed by atoms with Gasteiger partial charge in [-0.2, -0.15) is 0 Å². The molecule has 2 aromatic carbocycles. The predicted molar refractivity (Wildman–Crippen MR) is 105 cm³/mol. The Labute approximate surface area is 158 Å². The third-order valence-electron chi connectivity index (χ3n) is 3.44. The molecular formula is C18H15N3O3S2. The van der Waals surface area contributed by atoms with E-state index in [1.807, 2.05) is 30.3 Å². The molecule has 0 spiro atoms. The van der Waals surface area contributed by atoms with Crippen LogP contribution in [0, 0.1) is 10.1 Å². The normalized spacial score (nSPS) is 10.5. The fraction of sp³-hybridized carbons (Fsp3) is 0.111. The summed E-state index contributed by atoms with van der Waals surface area (Å²) in [7, 11) is 0. The van der Waals surface area contributed by atoms with Crippen molar-refractivity contribution in [3.8, 4) is 11.3 Å². The highest BCUT2D eigenvalue weighted by atomic mass is 32.2. The van der Waals surface area contributed by atoms with E-state index in [1.165, 1.54) is 23.5 Å². The lowest BCUT2D eigenvalue weighted by Gasteiger charge is -2.02. The second-order valence-corrected chi connectivity index (χ2v) is 7.33. The number of hydrogen-bond donors (Lipinski definition) is 1. The van der Waals surface area contributed by atoms with E-state index >= 15 is 0 Å². The second kappa shape index (κ2) is 8.59. The highest BCUT2D eigenvalue weighted by Crippen LogP contribution is 2.27. The topological polar surface area (TPSA) is 85.1 Å². The molecule has 3 aromatic rings. The number of thioether (sulfide) groups is 1. The fourth-order valence-corrected chi connectivity index (χ4v) is 3.81. The Balaban J connectivity index is 1.55. The summed E-state index contributed by atoms with van der Waals surface area (Å²) in [4.78, 5) is 27.9. The Bertz CT molecular complexity index is 913. The highest BCUT2D eigenvalue weighted by Gasteiger charge is 2.11. The largest absolute Gasteiger partial charge is 0.302 e. The first-order valence-corrected chi connectivity index (χ1v) is 9.66. The lowest BCUT2D eigenvalue weighted by molar-refractivity contribution is -0.384. The average molecular weight is 385 g/mol. The zero-order chi connectivity index (χ0) is 18.4. The number of carbonyl (C=O) groups excluding carboxylic acids is 1. The number of nitrogens with zero attached hydrogens (tertiary/aromatic N) is 2. The van der Waals surface area contributed by atoms with Gasteiger partial charge in [-0.15, -0.1) is 23.1 Å². The van der Waals surface area contributed by atoms with Gasteiger partial charge >= 0.3 is 0 Å². The molecule has 132 valence electrons. The number of rotatable bonds is 7. The van der Waals surface area contributed by atoms with Crippen LogP contribution in [0.3, 0.4) is 0 Å².